The van der Waals surface area contributed by atoms with Crippen LogP contribution in [0.3, 0.4) is 0 Å². The maximum absolute atomic E-state index is 12.0. The van der Waals surface area contributed by atoms with Crippen molar-refractivity contribution in [1.29, 1.82) is 0 Å². The molecular weight excluding hydrogens is 288 g/mol. The molecule has 2 N–H and O–H groups in total. The van der Waals surface area contributed by atoms with Gasteiger partial charge >= 0.3 is 0 Å². The van der Waals surface area contributed by atoms with Gasteiger partial charge in [0.2, 0.25) is 11.8 Å². The Labute approximate surface area is 136 Å². The summed E-state index contributed by atoms with van der Waals surface area (Å²) >= 11 is 0. The van der Waals surface area contributed by atoms with Gasteiger partial charge in [0.15, 0.2) is 0 Å². The minimum atomic E-state index is -0.226. The van der Waals surface area contributed by atoms with E-state index in [2.05, 4.69) is 10.6 Å². The second-order valence-corrected chi connectivity index (χ2v) is 5.74. The molecule has 0 saturated carbocycles. The molecule has 0 atom stereocenters. The summed E-state index contributed by atoms with van der Waals surface area (Å²) in [4.78, 5) is 23.9. The van der Waals surface area contributed by atoms with Gasteiger partial charge in [0, 0.05) is 5.69 Å². The van der Waals surface area contributed by atoms with Gasteiger partial charge in [0.25, 0.3) is 0 Å². The highest BCUT2D eigenvalue weighted by Gasteiger charge is 2.08. The Bertz CT molecular complexity index is 723. The first-order chi connectivity index (χ1) is 11.0. The molecule has 0 radical (unpaired) electrons. The molecule has 0 fully saturated rings. The van der Waals surface area contributed by atoms with Crippen molar-refractivity contribution in [1.82, 2.24) is 5.32 Å². The van der Waals surface area contributed by atoms with Crippen molar-refractivity contribution in [2.45, 2.75) is 27.2 Å². The van der Waals surface area contributed by atoms with E-state index in [1.807, 2.05) is 63.2 Å². The molecule has 4 heteroatoms. The summed E-state index contributed by atoms with van der Waals surface area (Å²) in [6, 6.07) is 13.5. The molecule has 0 heterocycles. The van der Waals surface area contributed by atoms with Crippen molar-refractivity contribution in [2.75, 3.05) is 11.9 Å². The smallest absolute Gasteiger partial charge is 0.243 e. The molecule has 120 valence electrons. The van der Waals surface area contributed by atoms with Crippen LogP contribution in [0.5, 0.6) is 0 Å². The van der Waals surface area contributed by atoms with Crippen LogP contribution in [-0.4, -0.2) is 18.4 Å². The number of nitrogens with one attached hydrogen (secondary N) is 2. The second-order valence-electron chi connectivity index (χ2n) is 5.74. The second kappa shape index (κ2) is 7.58. The molecule has 2 amide bonds. The van der Waals surface area contributed by atoms with E-state index in [9.17, 15) is 9.59 Å². The van der Waals surface area contributed by atoms with Crippen LogP contribution >= 0.6 is 0 Å². The fourth-order valence-electron chi connectivity index (χ4n) is 2.33. The molecule has 0 aliphatic carbocycles. The van der Waals surface area contributed by atoms with Crippen LogP contribution in [0.4, 0.5) is 5.69 Å². The summed E-state index contributed by atoms with van der Waals surface area (Å²) in [5.41, 5.74) is 4.99. The lowest BCUT2D eigenvalue weighted by Gasteiger charge is -2.11. The first kappa shape index (κ1) is 16.7. The average molecular weight is 310 g/mol. The number of benzene rings is 2. The Kier molecular flexibility index (Phi) is 5.52. The SMILES string of the molecule is Cc1cccc(CC(=O)NCC(=O)Nc2cccc(C)c2C)c1. The Balaban J connectivity index is 1.84. The predicted octanol–water partition coefficient (Wildman–Crippen LogP) is 2.91. The normalized spacial score (nSPS) is 10.2. The quantitative estimate of drug-likeness (QED) is 0.892. The van der Waals surface area contributed by atoms with Crippen LogP contribution < -0.4 is 10.6 Å². The largest absolute Gasteiger partial charge is 0.347 e. The Morgan fingerprint density at radius 3 is 2.43 bits per heavy atom. The van der Waals surface area contributed by atoms with Crippen molar-refractivity contribution in [3.63, 3.8) is 0 Å². The molecule has 2 aromatic carbocycles. The zero-order valence-electron chi connectivity index (χ0n) is 13.8. The van der Waals surface area contributed by atoms with Crippen LogP contribution in [0.15, 0.2) is 42.5 Å². The molecule has 0 aliphatic rings. The third-order valence-electron chi connectivity index (χ3n) is 3.77. The Morgan fingerprint density at radius 2 is 1.70 bits per heavy atom. The first-order valence-electron chi connectivity index (χ1n) is 7.64. The van der Waals surface area contributed by atoms with Gasteiger partial charge in [0.1, 0.15) is 0 Å². The van der Waals surface area contributed by atoms with E-state index in [1.54, 1.807) is 0 Å². The van der Waals surface area contributed by atoms with Gasteiger partial charge in [-0.2, -0.15) is 0 Å². The molecule has 2 rings (SSSR count). The maximum atomic E-state index is 12.0. The van der Waals surface area contributed by atoms with Gasteiger partial charge < -0.3 is 10.6 Å². The van der Waals surface area contributed by atoms with Crippen molar-refractivity contribution in [3.05, 3.63) is 64.7 Å². The van der Waals surface area contributed by atoms with E-state index >= 15 is 0 Å². The van der Waals surface area contributed by atoms with Gasteiger partial charge in [-0.05, 0) is 43.5 Å². The highest BCUT2D eigenvalue weighted by molar-refractivity contribution is 5.95. The topological polar surface area (TPSA) is 58.2 Å². The van der Waals surface area contributed by atoms with E-state index in [0.717, 1.165) is 27.9 Å². The van der Waals surface area contributed by atoms with Crippen molar-refractivity contribution in [3.8, 4) is 0 Å². The lowest BCUT2D eigenvalue weighted by atomic mass is 10.1. The van der Waals surface area contributed by atoms with Crippen LogP contribution in [0.25, 0.3) is 0 Å². The number of rotatable bonds is 5. The fraction of sp³-hybridized carbons (Fsp3) is 0.263. The summed E-state index contributed by atoms with van der Waals surface area (Å²) in [5.74, 6) is -0.386. The highest BCUT2D eigenvalue weighted by atomic mass is 16.2. The van der Waals surface area contributed by atoms with Crippen molar-refractivity contribution < 1.29 is 9.59 Å². The lowest BCUT2D eigenvalue weighted by Crippen LogP contribution is -2.33. The van der Waals surface area contributed by atoms with E-state index in [0.29, 0.717) is 0 Å². The van der Waals surface area contributed by atoms with E-state index in [1.165, 1.54) is 0 Å². The number of anilines is 1. The van der Waals surface area contributed by atoms with Gasteiger partial charge in [-0.25, -0.2) is 0 Å². The average Bonchev–Trinajstić information content (AvgIpc) is 2.50. The number of amides is 2. The van der Waals surface area contributed by atoms with Crippen molar-refractivity contribution >= 4 is 17.5 Å². The lowest BCUT2D eigenvalue weighted by molar-refractivity contribution is -0.123. The summed E-state index contributed by atoms with van der Waals surface area (Å²) in [6.45, 7) is 5.91. The third kappa shape index (κ3) is 4.95. The summed E-state index contributed by atoms with van der Waals surface area (Å²) in [6.07, 6.45) is 0.276. The monoisotopic (exact) mass is 310 g/mol. The number of hydrogen-bond acceptors (Lipinski definition) is 2. The maximum Gasteiger partial charge on any atom is 0.243 e. The van der Waals surface area contributed by atoms with E-state index in [-0.39, 0.29) is 24.8 Å². The van der Waals surface area contributed by atoms with Crippen LogP contribution in [0.1, 0.15) is 22.3 Å². The summed E-state index contributed by atoms with van der Waals surface area (Å²) in [5, 5.41) is 5.48. The third-order valence-corrected chi connectivity index (χ3v) is 3.77. The molecule has 0 saturated heterocycles. The summed E-state index contributed by atoms with van der Waals surface area (Å²) < 4.78 is 0. The molecular formula is C19H22N2O2. The highest BCUT2D eigenvalue weighted by Crippen LogP contribution is 2.17. The van der Waals surface area contributed by atoms with Gasteiger partial charge in [0.05, 0.1) is 13.0 Å². The van der Waals surface area contributed by atoms with E-state index in [4.69, 9.17) is 0 Å². The number of hydrogen-bond donors (Lipinski definition) is 2. The summed E-state index contributed by atoms with van der Waals surface area (Å²) in [7, 11) is 0. The molecule has 0 unspecified atom stereocenters. The molecule has 0 aromatic heterocycles. The molecule has 0 bridgehead atoms. The number of carbonyl (C=O) groups is 2. The molecule has 4 nitrogen and oxygen atoms in total. The van der Waals surface area contributed by atoms with Crippen LogP contribution in [0, 0.1) is 20.8 Å². The Morgan fingerprint density at radius 1 is 0.957 bits per heavy atom. The van der Waals surface area contributed by atoms with Gasteiger partial charge in [-0.15, -0.1) is 0 Å². The zero-order chi connectivity index (χ0) is 16.8. The Hall–Kier alpha value is -2.62. The van der Waals surface area contributed by atoms with Crippen LogP contribution in [-0.2, 0) is 16.0 Å². The molecule has 2 aromatic rings. The van der Waals surface area contributed by atoms with Gasteiger partial charge in [-0.1, -0.05) is 42.0 Å². The zero-order valence-corrected chi connectivity index (χ0v) is 13.8. The predicted molar refractivity (Wildman–Crippen MR) is 92.4 cm³/mol. The van der Waals surface area contributed by atoms with E-state index < -0.39 is 0 Å². The minimum absolute atomic E-state index is 0.0297. The first-order valence-corrected chi connectivity index (χ1v) is 7.64. The molecule has 0 spiro atoms. The van der Waals surface area contributed by atoms with Crippen molar-refractivity contribution in [2.24, 2.45) is 0 Å². The number of carbonyl (C=O) groups excluding carboxylic acids is 2. The number of aryl methyl sites for hydroxylation is 2. The standard InChI is InChI=1S/C19H22N2O2/c1-13-6-4-8-16(10-13)11-18(22)20-12-19(23)21-17-9-5-7-14(2)15(17)3/h4-10H,11-12H2,1-3H3,(H,20,22)(H,21,23). The minimum Gasteiger partial charge on any atom is -0.347 e. The molecule has 23 heavy (non-hydrogen) atoms. The fourth-order valence-corrected chi connectivity index (χ4v) is 2.33. The van der Waals surface area contributed by atoms with Gasteiger partial charge in [-0.3, -0.25) is 9.59 Å². The molecule has 0 aliphatic heterocycles. The van der Waals surface area contributed by atoms with Crippen LogP contribution in [0.2, 0.25) is 0 Å².